The van der Waals surface area contributed by atoms with Gasteiger partial charge in [-0.3, -0.25) is 0 Å². The third-order valence-electron chi connectivity index (χ3n) is 2.83. The Morgan fingerprint density at radius 2 is 2.08 bits per heavy atom. The molecule has 0 amide bonds. The Morgan fingerprint density at radius 3 is 2.50 bits per heavy atom. The van der Waals surface area contributed by atoms with Crippen molar-refractivity contribution in [3.8, 4) is 0 Å². The molecule has 0 aliphatic carbocycles. The first kappa shape index (κ1) is 9.63. The minimum atomic E-state index is 0.266. The van der Waals surface area contributed by atoms with Crippen molar-refractivity contribution in [2.24, 2.45) is 11.8 Å². The average molecular weight is 167 g/mol. The maximum Gasteiger partial charge on any atom is 0.0314 e. The Labute approximate surface area is 76.2 Å². The van der Waals surface area contributed by atoms with Crippen LogP contribution in [0, 0.1) is 11.8 Å². The van der Waals surface area contributed by atoms with Crippen molar-refractivity contribution < 1.29 is 0 Å². The van der Waals surface area contributed by atoms with Crippen molar-refractivity contribution >= 4 is 0 Å². The zero-order valence-electron chi connectivity index (χ0n) is 8.78. The van der Waals surface area contributed by atoms with Crippen LogP contribution in [0.1, 0.15) is 40.5 Å². The van der Waals surface area contributed by atoms with Crippen molar-refractivity contribution in [1.82, 2.24) is 5.32 Å². The van der Waals surface area contributed by atoms with Gasteiger partial charge in [0.15, 0.2) is 0 Å². The van der Waals surface area contributed by atoms with Gasteiger partial charge in [0.1, 0.15) is 0 Å². The Balaban J connectivity index is 2.60. The second kappa shape index (κ2) is 3.12. The molecule has 0 bridgehead atoms. The number of rotatable bonds is 1. The molecule has 0 saturated carbocycles. The molecule has 1 saturated heterocycles. The van der Waals surface area contributed by atoms with E-state index in [1.54, 1.807) is 0 Å². The predicted molar refractivity (Wildman–Crippen MR) is 53.9 cm³/mol. The lowest BCUT2D eigenvalue weighted by Crippen LogP contribution is -2.45. The van der Waals surface area contributed by atoms with Crippen molar-refractivity contribution in [2.45, 2.75) is 46.1 Å². The highest BCUT2D eigenvalue weighted by atomic mass is 15.0. The van der Waals surface area contributed by atoms with Gasteiger partial charge in [0.2, 0.25) is 0 Å². The van der Waals surface area contributed by atoms with Crippen LogP contribution in [0.4, 0.5) is 0 Å². The maximum atomic E-state index is 4.10. The molecule has 0 spiro atoms. The number of nitrogens with one attached hydrogen (secondary N) is 1. The molecule has 1 N–H and O–H groups in total. The molecule has 1 atom stereocenters. The standard InChI is InChI=1S/C11H21N/c1-8(2)10-6-7-11(4,5)12-9(10)3/h8,10,12H,3,6-7H2,1-2,4-5H3. The van der Waals surface area contributed by atoms with Gasteiger partial charge in [-0.2, -0.15) is 0 Å². The van der Waals surface area contributed by atoms with Gasteiger partial charge in [-0.1, -0.05) is 20.4 Å². The van der Waals surface area contributed by atoms with Crippen molar-refractivity contribution in [2.75, 3.05) is 0 Å². The molecule has 12 heavy (non-hydrogen) atoms. The van der Waals surface area contributed by atoms with Crippen LogP contribution in [0.3, 0.4) is 0 Å². The third-order valence-corrected chi connectivity index (χ3v) is 2.83. The highest BCUT2D eigenvalue weighted by molar-refractivity contribution is 5.08. The van der Waals surface area contributed by atoms with Gasteiger partial charge in [-0.25, -0.2) is 0 Å². The summed E-state index contributed by atoms with van der Waals surface area (Å²) in [4.78, 5) is 0. The van der Waals surface area contributed by atoms with Crippen LogP contribution >= 0.6 is 0 Å². The first-order valence-corrected chi connectivity index (χ1v) is 4.89. The minimum Gasteiger partial charge on any atom is -0.384 e. The van der Waals surface area contributed by atoms with Gasteiger partial charge in [0.05, 0.1) is 0 Å². The topological polar surface area (TPSA) is 12.0 Å². The van der Waals surface area contributed by atoms with E-state index in [9.17, 15) is 0 Å². The van der Waals surface area contributed by atoms with Gasteiger partial charge < -0.3 is 5.32 Å². The largest absolute Gasteiger partial charge is 0.384 e. The van der Waals surface area contributed by atoms with E-state index < -0.39 is 0 Å². The third kappa shape index (κ3) is 2.02. The van der Waals surface area contributed by atoms with E-state index in [2.05, 4.69) is 39.6 Å². The minimum absolute atomic E-state index is 0.266. The van der Waals surface area contributed by atoms with Crippen molar-refractivity contribution in [1.29, 1.82) is 0 Å². The van der Waals surface area contributed by atoms with Gasteiger partial charge in [-0.15, -0.1) is 0 Å². The van der Waals surface area contributed by atoms with E-state index in [0.717, 1.165) is 5.92 Å². The number of allylic oxidation sites excluding steroid dienone is 1. The van der Waals surface area contributed by atoms with E-state index in [4.69, 9.17) is 0 Å². The molecule has 0 aromatic rings. The molecule has 1 nitrogen and oxygen atoms in total. The highest BCUT2D eigenvalue weighted by Gasteiger charge is 2.29. The van der Waals surface area contributed by atoms with Crippen LogP contribution in [0.15, 0.2) is 12.3 Å². The number of hydrogen-bond donors (Lipinski definition) is 1. The van der Waals surface area contributed by atoms with Gasteiger partial charge >= 0.3 is 0 Å². The van der Waals surface area contributed by atoms with Crippen molar-refractivity contribution in [3.63, 3.8) is 0 Å². The zero-order valence-corrected chi connectivity index (χ0v) is 8.78. The molecule has 0 aromatic carbocycles. The zero-order chi connectivity index (χ0) is 9.35. The van der Waals surface area contributed by atoms with Crippen LogP contribution in [-0.4, -0.2) is 5.54 Å². The molecule has 1 rings (SSSR count). The molecule has 0 aromatic heterocycles. The summed E-state index contributed by atoms with van der Waals surface area (Å²) in [5.41, 5.74) is 1.50. The summed E-state index contributed by atoms with van der Waals surface area (Å²) in [7, 11) is 0. The smallest absolute Gasteiger partial charge is 0.0314 e. The Kier molecular flexibility index (Phi) is 2.50. The first-order chi connectivity index (χ1) is 5.42. The summed E-state index contributed by atoms with van der Waals surface area (Å²) in [5, 5.41) is 3.49. The summed E-state index contributed by atoms with van der Waals surface area (Å²) < 4.78 is 0. The van der Waals surface area contributed by atoms with Gasteiger partial charge in [0.25, 0.3) is 0 Å². The second-order valence-corrected chi connectivity index (χ2v) is 4.92. The molecule has 1 heterocycles. The summed E-state index contributed by atoms with van der Waals surface area (Å²) >= 11 is 0. The van der Waals surface area contributed by atoms with E-state index in [1.165, 1.54) is 18.5 Å². The van der Waals surface area contributed by atoms with E-state index >= 15 is 0 Å². The van der Waals surface area contributed by atoms with E-state index in [-0.39, 0.29) is 5.54 Å². The predicted octanol–water partition coefficient (Wildman–Crippen LogP) is 2.93. The van der Waals surface area contributed by atoms with Crippen LogP contribution < -0.4 is 5.32 Å². The Bertz CT molecular complexity index is 179. The maximum absolute atomic E-state index is 4.10. The fourth-order valence-electron chi connectivity index (χ4n) is 2.02. The lowest BCUT2D eigenvalue weighted by molar-refractivity contribution is 0.251. The lowest BCUT2D eigenvalue weighted by atomic mass is 9.80. The fraction of sp³-hybridized carbons (Fsp3) is 0.818. The summed E-state index contributed by atoms with van der Waals surface area (Å²) in [6, 6.07) is 0. The summed E-state index contributed by atoms with van der Waals surface area (Å²) in [5.74, 6) is 1.40. The monoisotopic (exact) mass is 167 g/mol. The van der Waals surface area contributed by atoms with E-state index in [1.807, 2.05) is 0 Å². The van der Waals surface area contributed by atoms with Crippen LogP contribution in [0.5, 0.6) is 0 Å². The molecule has 1 aliphatic heterocycles. The molecule has 1 fully saturated rings. The number of hydrogen-bond acceptors (Lipinski definition) is 1. The Hall–Kier alpha value is -0.460. The first-order valence-electron chi connectivity index (χ1n) is 4.89. The quantitative estimate of drug-likeness (QED) is 0.633. The van der Waals surface area contributed by atoms with Crippen LogP contribution in [0.2, 0.25) is 0 Å². The average Bonchev–Trinajstić information content (AvgIpc) is 1.83. The lowest BCUT2D eigenvalue weighted by Gasteiger charge is -2.40. The normalized spacial score (nSPS) is 28.8. The van der Waals surface area contributed by atoms with Gasteiger partial charge in [-0.05, 0) is 32.6 Å². The molecule has 1 unspecified atom stereocenters. The molecular weight excluding hydrogens is 146 g/mol. The molecule has 0 radical (unpaired) electrons. The van der Waals surface area contributed by atoms with Gasteiger partial charge in [0, 0.05) is 17.2 Å². The summed E-state index contributed by atoms with van der Waals surface area (Å²) in [6.45, 7) is 13.1. The SMILES string of the molecule is C=C1NC(C)(C)CCC1C(C)C. The second-order valence-electron chi connectivity index (χ2n) is 4.92. The van der Waals surface area contributed by atoms with Crippen LogP contribution in [0.25, 0.3) is 0 Å². The molecule has 1 aliphatic rings. The molecule has 1 heteroatoms. The van der Waals surface area contributed by atoms with E-state index in [0.29, 0.717) is 5.92 Å². The number of piperidine rings is 1. The summed E-state index contributed by atoms with van der Waals surface area (Å²) in [6.07, 6.45) is 2.55. The molecular formula is C11H21N. The Morgan fingerprint density at radius 1 is 1.50 bits per heavy atom. The molecule has 70 valence electrons. The van der Waals surface area contributed by atoms with Crippen molar-refractivity contribution in [3.05, 3.63) is 12.3 Å². The highest BCUT2D eigenvalue weighted by Crippen LogP contribution is 2.32. The fourth-order valence-corrected chi connectivity index (χ4v) is 2.02. The van der Waals surface area contributed by atoms with Crippen LogP contribution in [-0.2, 0) is 0 Å².